The SMILES string of the molecule is CCOC(=O)c1c2ccccc2cn1Cc1ccccc1. The second-order valence-corrected chi connectivity index (χ2v) is 4.90. The Morgan fingerprint density at radius 1 is 1.05 bits per heavy atom. The minimum atomic E-state index is -0.269. The van der Waals surface area contributed by atoms with Gasteiger partial charge in [0.15, 0.2) is 0 Å². The second-order valence-electron chi connectivity index (χ2n) is 4.90. The molecule has 3 heteroatoms. The highest BCUT2D eigenvalue weighted by Crippen LogP contribution is 2.23. The van der Waals surface area contributed by atoms with Crippen LogP contribution in [0.25, 0.3) is 10.8 Å². The van der Waals surface area contributed by atoms with E-state index in [1.165, 1.54) is 0 Å². The number of carbonyl (C=O) groups is 1. The molecule has 1 heterocycles. The average Bonchev–Trinajstić information content (AvgIpc) is 2.86. The maximum absolute atomic E-state index is 12.3. The summed E-state index contributed by atoms with van der Waals surface area (Å²) >= 11 is 0. The van der Waals surface area contributed by atoms with Gasteiger partial charge in [-0.1, -0.05) is 54.6 Å². The van der Waals surface area contributed by atoms with Gasteiger partial charge in [-0.15, -0.1) is 0 Å². The first-order valence-electron chi connectivity index (χ1n) is 7.08. The molecule has 0 unspecified atom stereocenters. The molecule has 3 nitrogen and oxygen atoms in total. The van der Waals surface area contributed by atoms with Crippen LogP contribution in [-0.4, -0.2) is 17.1 Å². The van der Waals surface area contributed by atoms with Crippen molar-refractivity contribution in [2.45, 2.75) is 13.5 Å². The third-order valence-corrected chi connectivity index (χ3v) is 3.46. The fourth-order valence-electron chi connectivity index (χ4n) is 2.54. The molecule has 2 aromatic carbocycles. The number of fused-ring (bicyclic) bond motifs is 1. The van der Waals surface area contributed by atoms with Gasteiger partial charge >= 0.3 is 5.97 Å². The summed E-state index contributed by atoms with van der Waals surface area (Å²) in [6.45, 7) is 2.86. The molecule has 0 fully saturated rings. The zero-order chi connectivity index (χ0) is 14.7. The Balaban J connectivity index is 2.08. The molecule has 0 saturated heterocycles. The van der Waals surface area contributed by atoms with E-state index in [9.17, 15) is 4.79 Å². The number of hydrogen-bond acceptors (Lipinski definition) is 2. The number of rotatable bonds is 4. The van der Waals surface area contributed by atoms with Crippen molar-refractivity contribution in [3.05, 3.63) is 72.1 Å². The minimum Gasteiger partial charge on any atom is -0.461 e. The Kier molecular flexibility index (Phi) is 3.73. The van der Waals surface area contributed by atoms with Crippen LogP contribution in [0, 0.1) is 0 Å². The maximum atomic E-state index is 12.3. The van der Waals surface area contributed by atoms with Crippen molar-refractivity contribution in [2.75, 3.05) is 6.61 Å². The van der Waals surface area contributed by atoms with Gasteiger partial charge in [0.05, 0.1) is 6.61 Å². The molecule has 0 saturated carbocycles. The molecule has 1 aromatic heterocycles. The molecule has 0 spiro atoms. The first kappa shape index (κ1) is 13.4. The highest BCUT2D eigenvalue weighted by Gasteiger charge is 2.17. The molecule has 106 valence electrons. The highest BCUT2D eigenvalue weighted by atomic mass is 16.5. The summed E-state index contributed by atoms with van der Waals surface area (Å²) < 4.78 is 7.18. The normalized spacial score (nSPS) is 10.7. The first-order chi connectivity index (χ1) is 10.3. The standard InChI is InChI=1S/C18H17NO2/c1-2-21-18(20)17-16-11-7-6-10-15(16)13-19(17)12-14-8-4-3-5-9-14/h3-11,13H,2,12H2,1H3. The third kappa shape index (κ3) is 2.68. The Hall–Kier alpha value is -2.55. The predicted octanol–water partition coefficient (Wildman–Crippen LogP) is 3.87. The van der Waals surface area contributed by atoms with E-state index in [-0.39, 0.29) is 5.97 Å². The van der Waals surface area contributed by atoms with E-state index in [0.717, 1.165) is 16.3 Å². The summed E-state index contributed by atoms with van der Waals surface area (Å²) in [5.74, 6) is -0.269. The van der Waals surface area contributed by atoms with E-state index in [1.807, 2.05) is 60.2 Å². The summed E-state index contributed by atoms with van der Waals surface area (Å²) in [5.41, 5.74) is 1.78. The topological polar surface area (TPSA) is 31.2 Å². The molecule has 3 rings (SSSR count). The maximum Gasteiger partial charge on any atom is 0.355 e. The molecule has 0 aliphatic heterocycles. The van der Waals surface area contributed by atoms with E-state index in [4.69, 9.17) is 4.74 Å². The number of carbonyl (C=O) groups excluding carboxylic acids is 1. The lowest BCUT2D eigenvalue weighted by Gasteiger charge is -2.09. The Labute approximate surface area is 123 Å². The summed E-state index contributed by atoms with van der Waals surface area (Å²) in [4.78, 5) is 12.3. The van der Waals surface area contributed by atoms with E-state index in [2.05, 4.69) is 12.1 Å². The van der Waals surface area contributed by atoms with Crippen molar-refractivity contribution >= 4 is 16.7 Å². The van der Waals surface area contributed by atoms with Crippen LogP contribution in [0.1, 0.15) is 23.0 Å². The van der Waals surface area contributed by atoms with Gasteiger partial charge in [0.2, 0.25) is 0 Å². The van der Waals surface area contributed by atoms with Crippen LogP contribution in [-0.2, 0) is 11.3 Å². The molecule has 0 amide bonds. The molecule has 0 aliphatic rings. The summed E-state index contributed by atoms with van der Waals surface area (Å²) in [7, 11) is 0. The first-order valence-corrected chi connectivity index (χ1v) is 7.08. The quantitative estimate of drug-likeness (QED) is 0.679. The van der Waals surface area contributed by atoms with Crippen LogP contribution < -0.4 is 0 Å². The molecule has 3 aromatic rings. The van der Waals surface area contributed by atoms with Gasteiger partial charge in [-0.2, -0.15) is 0 Å². The Morgan fingerprint density at radius 2 is 1.76 bits per heavy atom. The number of nitrogens with zero attached hydrogens (tertiary/aromatic N) is 1. The Morgan fingerprint density at radius 3 is 2.52 bits per heavy atom. The van der Waals surface area contributed by atoms with Crippen molar-refractivity contribution in [3.63, 3.8) is 0 Å². The fraction of sp³-hybridized carbons (Fsp3) is 0.167. The number of aromatic nitrogens is 1. The van der Waals surface area contributed by atoms with Crippen LogP contribution in [0.15, 0.2) is 60.8 Å². The monoisotopic (exact) mass is 279 g/mol. The lowest BCUT2D eigenvalue weighted by molar-refractivity contribution is 0.0517. The molecule has 0 bridgehead atoms. The Bertz CT molecular complexity index is 759. The molecule has 0 radical (unpaired) electrons. The zero-order valence-electron chi connectivity index (χ0n) is 12.0. The second kappa shape index (κ2) is 5.83. The molecule has 0 N–H and O–H groups in total. The minimum absolute atomic E-state index is 0.269. The predicted molar refractivity (Wildman–Crippen MR) is 83.4 cm³/mol. The van der Waals surface area contributed by atoms with Crippen LogP contribution in [0.3, 0.4) is 0 Å². The van der Waals surface area contributed by atoms with E-state index in [0.29, 0.717) is 18.8 Å². The van der Waals surface area contributed by atoms with Crippen molar-refractivity contribution < 1.29 is 9.53 Å². The zero-order valence-corrected chi connectivity index (χ0v) is 12.0. The highest BCUT2D eigenvalue weighted by molar-refractivity contribution is 6.03. The molecule has 0 atom stereocenters. The number of hydrogen-bond donors (Lipinski definition) is 0. The fourth-order valence-corrected chi connectivity index (χ4v) is 2.54. The third-order valence-electron chi connectivity index (χ3n) is 3.46. The average molecular weight is 279 g/mol. The molecule has 0 aliphatic carbocycles. The largest absolute Gasteiger partial charge is 0.461 e. The molecule has 21 heavy (non-hydrogen) atoms. The van der Waals surface area contributed by atoms with E-state index < -0.39 is 0 Å². The van der Waals surface area contributed by atoms with Crippen molar-refractivity contribution in [3.8, 4) is 0 Å². The van der Waals surface area contributed by atoms with Crippen LogP contribution in [0.2, 0.25) is 0 Å². The summed E-state index contributed by atoms with van der Waals surface area (Å²) in [5, 5.41) is 1.99. The van der Waals surface area contributed by atoms with Crippen molar-refractivity contribution in [2.24, 2.45) is 0 Å². The van der Waals surface area contributed by atoms with Gasteiger partial charge in [0.1, 0.15) is 5.69 Å². The lowest BCUT2D eigenvalue weighted by Crippen LogP contribution is -2.12. The van der Waals surface area contributed by atoms with Crippen LogP contribution in [0.4, 0.5) is 0 Å². The summed E-state index contributed by atoms with van der Waals surface area (Å²) in [6, 6.07) is 18.0. The van der Waals surface area contributed by atoms with Crippen LogP contribution in [0.5, 0.6) is 0 Å². The van der Waals surface area contributed by atoms with E-state index in [1.54, 1.807) is 0 Å². The van der Waals surface area contributed by atoms with Gasteiger partial charge in [-0.3, -0.25) is 0 Å². The van der Waals surface area contributed by atoms with Gasteiger partial charge < -0.3 is 9.30 Å². The smallest absolute Gasteiger partial charge is 0.355 e. The van der Waals surface area contributed by atoms with Crippen LogP contribution >= 0.6 is 0 Å². The van der Waals surface area contributed by atoms with Gasteiger partial charge in [-0.05, 0) is 12.5 Å². The lowest BCUT2D eigenvalue weighted by atomic mass is 10.2. The number of benzene rings is 2. The number of esters is 1. The van der Waals surface area contributed by atoms with Crippen molar-refractivity contribution in [1.29, 1.82) is 0 Å². The molecular formula is C18H17NO2. The van der Waals surface area contributed by atoms with E-state index >= 15 is 0 Å². The van der Waals surface area contributed by atoms with Gasteiger partial charge in [0.25, 0.3) is 0 Å². The van der Waals surface area contributed by atoms with Crippen molar-refractivity contribution in [1.82, 2.24) is 4.57 Å². The van der Waals surface area contributed by atoms with Gasteiger partial charge in [-0.25, -0.2) is 4.79 Å². The van der Waals surface area contributed by atoms with Gasteiger partial charge in [0, 0.05) is 23.5 Å². The number of ether oxygens (including phenoxy) is 1. The molecular weight excluding hydrogens is 262 g/mol. The summed E-state index contributed by atoms with van der Waals surface area (Å²) in [6.07, 6.45) is 2.01.